The lowest BCUT2D eigenvalue weighted by atomic mass is 10.00. The molecule has 0 saturated carbocycles. The van der Waals surface area contributed by atoms with Crippen LogP contribution in [0.25, 0.3) is 11.3 Å². The summed E-state index contributed by atoms with van der Waals surface area (Å²) in [5.74, 6) is -0.838. The molecule has 3 aromatic rings. The monoisotopic (exact) mass is 448 g/mol. The molecular weight excluding hydrogens is 423 g/mol. The van der Waals surface area contributed by atoms with Crippen LogP contribution in [0.4, 0.5) is 21.6 Å². The first-order chi connectivity index (χ1) is 16.0. The van der Waals surface area contributed by atoms with Gasteiger partial charge in [0.1, 0.15) is 29.2 Å². The number of piperazine rings is 1. The maximum Gasteiger partial charge on any atom is 0.254 e. The summed E-state index contributed by atoms with van der Waals surface area (Å²) in [7, 11) is 0. The van der Waals surface area contributed by atoms with Crippen LogP contribution >= 0.6 is 0 Å². The van der Waals surface area contributed by atoms with Crippen molar-refractivity contribution >= 4 is 29.4 Å². The molecule has 1 amide bonds. The lowest BCUT2D eigenvalue weighted by Crippen LogP contribution is -2.43. The van der Waals surface area contributed by atoms with E-state index in [-0.39, 0.29) is 27.9 Å². The molecule has 0 aliphatic carbocycles. The van der Waals surface area contributed by atoms with Crippen LogP contribution in [0.5, 0.6) is 0 Å². The van der Waals surface area contributed by atoms with Gasteiger partial charge in [-0.2, -0.15) is 5.10 Å². The van der Waals surface area contributed by atoms with Gasteiger partial charge in [0, 0.05) is 55.2 Å². The Kier molecular flexibility index (Phi) is 5.33. The van der Waals surface area contributed by atoms with Crippen LogP contribution in [0.1, 0.15) is 31.8 Å². The zero-order valence-electron chi connectivity index (χ0n) is 18.3. The van der Waals surface area contributed by atoms with Gasteiger partial charge in [-0.25, -0.2) is 9.07 Å². The highest BCUT2D eigenvalue weighted by atomic mass is 19.1. The number of halogens is 1. The number of nitrogens with zero attached hydrogens (tertiary/aromatic N) is 3. The molecule has 2 aliphatic rings. The van der Waals surface area contributed by atoms with Crippen molar-refractivity contribution in [2.24, 2.45) is 5.73 Å². The highest BCUT2D eigenvalue weighted by molar-refractivity contribution is 6.04. The number of anilines is 3. The van der Waals surface area contributed by atoms with Gasteiger partial charge in [-0.15, -0.1) is 0 Å². The fourth-order valence-electron chi connectivity index (χ4n) is 4.57. The lowest BCUT2D eigenvalue weighted by Gasteiger charge is -2.30. The van der Waals surface area contributed by atoms with Gasteiger partial charge in [-0.05, 0) is 48.7 Å². The van der Waals surface area contributed by atoms with E-state index in [1.165, 1.54) is 24.7 Å². The third-order valence-corrected chi connectivity index (χ3v) is 6.43. The first kappa shape index (κ1) is 21.1. The first-order valence-corrected chi connectivity index (χ1v) is 11.0. The normalized spacial score (nSPS) is 15.3. The molecule has 33 heavy (non-hydrogen) atoms. The van der Waals surface area contributed by atoms with Crippen molar-refractivity contribution in [2.75, 3.05) is 36.4 Å². The summed E-state index contributed by atoms with van der Waals surface area (Å²) in [6.45, 7) is 5.86. The number of aldehydes is 1. The van der Waals surface area contributed by atoms with Crippen LogP contribution in [0.3, 0.4) is 0 Å². The summed E-state index contributed by atoms with van der Waals surface area (Å²) in [4.78, 5) is 26.0. The highest BCUT2D eigenvalue weighted by Gasteiger charge is 2.28. The molecule has 4 N–H and O–H groups in total. The van der Waals surface area contributed by atoms with Crippen molar-refractivity contribution in [3.8, 4) is 11.3 Å². The van der Waals surface area contributed by atoms with E-state index >= 15 is 4.39 Å². The summed E-state index contributed by atoms with van der Waals surface area (Å²) in [5, 5.41) is 11.2. The minimum absolute atomic E-state index is 0.131. The van der Waals surface area contributed by atoms with Gasteiger partial charge in [0.05, 0.1) is 0 Å². The number of aryl methyl sites for hydroxylation is 2. The predicted octanol–water partition coefficient (Wildman–Crippen LogP) is 2.62. The number of amides is 1. The lowest BCUT2D eigenvalue weighted by molar-refractivity contribution is 0.100. The van der Waals surface area contributed by atoms with Gasteiger partial charge in [0.25, 0.3) is 5.91 Å². The van der Waals surface area contributed by atoms with Crippen molar-refractivity contribution in [1.82, 2.24) is 15.1 Å². The van der Waals surface area contributed by atoms with Gasteiger partial charge in [-0.1, -0.05) is 6.07 Å². The Labute approximate surface area is 190 Å². The number of hydrogen-bond acceptors (Lipinski definition) is 6. The fraction of sp³-hybridized carbons (Fsp3) is 0.292. The molecule has 1 aromatic heterocycles. The van der Waals surface area contributed by atoms with Crippen LogP contribution in [0.2, 0.25) is 0 Å². The molecule has 1 fully saturated rings. The van der Waals surface area contributed by atoms with E-state index in [0.717, 1.165) is 37.4 Å². The number of carbonyl (C=O) groups excluding carboxylic acids is 2. The van der Waals surface area contributed by atoms with Crippen molar-refractivity contribution in [3.63, 3.8) is 0 Å². The SMILES string of the molecule is Cc1c(C=O)ccc(-c2nn3c(c2C(N)=O)Nc2ccc(N4CCNCC4)cc2CC3)c1F. The Balaban J connectivity index is 1.56. The Bertz CT molecular complexity index is 1260. The van der Waals surface area contributed by atoms with Crippen molar-refractivity contribution in [3.05, 3.63) is 58.4 Å². The van der Waals surface area contributed by atoms with Crippen LogP contribution in [-0.2, 0) is 13.0 Å². The molecular formula is C24H25FN6O2. The van der Waals surface area contributed by atoms with E-state index in [4.69, 9.17) is 5.73 Å². The number of carbonyl (C=O) groups is 2. The number of primary amides is 1. The molecule has 0 bridgehead atoms. The predicted molar refractivity (Wildman–Crippen MR) is 125 cm³/mol. The van der Waals surface area contributed by atoms with E-state index in [2.05, 4.69) is 32.8 Å². The molecule has 0 spiro atoms. The largest absolute Gasteiger partial charge is 0.369 e. The zero-order valence-corrected chi connectivity index (χ0v) is 18.3. The van der Waals surface area contributed by atoms with E-state index in [1.54, 1.807) is 4.68 Å². The minimum Gasteiger partial charge on any atom is -0.369 e. The molecule has 5 rings (SSSR count). The fourth-order valence-corrected chi connectivity index (χ4v) is 4.57. The summed E-state index contributed by atoms with van der Waals surface area (Å²) in [6.07, 6.45) is 1.30. The number of rotatable bonds is 4. The number of fused-ring (bicyclic) bond motifs is 2. The number of aromatic nitrogens is 2. The average molecular weight is 449 g/mol. The van der Waals surface area contributed by atoms with E-state index in [0.29, 0.717) is 25.1 Å². The molecule has 2 aliphatic heterocycles. The maximum absolute atomic E-state index is 15.1. The molecule has 9 heteroatoms. The Morgan fingerprint density at radius 1 is 1.18 bits per heavy atom. The van der Waals surface area contributed by atoms with Gasteiger partial charge in [0.2, 0.25) is 0 Å². The summed E-state index contributed by atoms with van der Waals surface area (Å²) in [6, 6.07) is 9.23. The first-order valence-electron chi connectivity index (χ1n) is 11.0. The molecule has 8 nitrogen and oxygen atoms in total. The second-order valence-electron chi connectivity index (χ2n) is 8.37. The molecule has 3 heterocycles. The molecule has 0 radical (unpaired) electrons. The van der Waals surface area contributed by atoms with E-state index in [9.17, 15) is 9.59 Å². The Hall–Kier alpha value is -3.72. The Morgan fingerprint density at radius 2 is 1.97 bits per heavy atom. The summed E-state index contributed by atoms with van der Waals surface area (Å²) >= 11 is 0. The van der Waals surface area contributed by atoms with Crippen LogP contribution in [0.15, 0.2) is 30.3 Å². The van der Waals surface area contributed by atoms with Crippen LogP contribution < -0.4 is 21.3 Å². The topological polar surface area (TPSA) is 105 Å². The van der Waals surface area contributed by atoms with Gasteiger partial charge >= 0.3 is 0 Å². The van der Waals surface area contributed by atoms with Crippen LogP contribution in [0, 0.1) is 12.7 Å². The van der Waals surface area contributed by atoms with Gasteiger partial charge in [0.15, 0.2) is 0 Å². The molecule has 0 unspecified atom stereocenters. The second-order valence-corrected chi connectivity index (χ2v) is 8.37. The number of benzene rings is 2. The van der Waals surface area contributed by atoms with Gasteiger partial charge < -0.3 is 21.3 Å². The second kappa shape index (κ2) is 8.32. The smallest absolute Gasteiger partial charge is 0.254 e. The van der Waals surface area contributed by atoms with Crippen molar-refractivity contribution in [1.29, 1.82) is 0 Å². The number of nitrogens with two attached hydrogens (primary N) is 1. The maximum atomic E-state index is 15.1. The van der Waals surface area contributed by atoms with Crippen LogP contribution in [-0.4, -0.2) is 48.2 Å². The highest BCUT2D eigenvalue weighted by Crippen LogP contribution is 2.37. The molecule has 170 valence electrons. The molecule has 2 aromatic carbocycles. The number of nitrogens with one attached hydrogen (secondary N) is 2. The third-order valence-electron chi connectivity index (χ3n) is 6.43. The van der Waals surface area contributed by atoms with Gasteiger partial charge in [-0.3, -0.25) is 9.59 Å². The zero-order chi connectivity index (χ0) is 23.1. The van der Waals surface area contributed by atoms with E-state index < -0.39 is 11.7 Å². The van der Waals surface area contributed by atoms with E-state index in [1.807, 2.05) is 6.07 Å². The molecule has 1 saturated heterocycles. The van der Waals surface area contributed by atoms with Crippen molar-refractivity contribution < 1.29 is 14.0 Å². The van der Waals surface area contributed by atoms with Crippen molar-refractivity contribution in [2.45, 2.75) is 19.9 Å². The summed E-state index contributed by atoms with van der Waals surface area (Å²) < 4.78 is 16.8. The minimum atomic E-state index is -0.698. The average Bonchev–Trinajstić information content (AvgIpc) is 3.09. The molecule has 0 atom stereocenters. The summed E-state index contributed by atoms with van der Waals surface area (Å²) in [5.41, 5.74) is 9.79. The number of hydrogen-bond donors (Lipinski definition) is 3. The Morgan fingerprint density at radius 3 is 2.70 bits per heavy atom. The standard InChI is InChI=1S/C24H25FN6O2/c1-14-16(13-32)2-4-18(21(14)25)22-20(23(26)33)24-28-19-5-3-17(30-10-7-27-8-11-30)12-15(19)6-9-31(24)29-22/h2-5,12-13,27-28H,6-11H2,1H3,(H2,26,33). The third kappa shape index (κ3) is 3.64. The quantitative estimate of drug-likeness (QED) is 0.530.